The van der Waals surface area contributed by atoms with E-state index in [0.29, 0.717) is 6.54 Å². The van der Waals surface area contributed by atoms with Crippen LogP contribution in [-0.4, -0.2) is 32.0 Å². The molecule has 5 nitrogen and oxygen atoms in total. The summed E-state index contributed by atoms with van der Waals surface area (Å²) in [4.78, 5) is 23.7. The van der Waals surface area contributed by atoms with Gasteiger partial charge in [0.15, 0.2) is 0 Å². The van der Waals surface area contributed by atoms with Crippen LogP contribution in [-0.2, 0) is 20.7 Å². The molecule has 0 bridgehead atoms. The van der Waals surface area contributed by atoms with E-state index in [1.165, 1.54) is 0 Å². The van der Waals surface area contributed by atoms with Crippen LogP contribution in [0.1, 0.15) is 17.2 Å². The van der Waals surface area contributed by atoms with Gasteiger partial charge < -0.3 is 15.4 Å². The summed E-state index contributed by atoms with van der Waals surface area (Å²) in [6.07, 6.45) is 0.0499. The van der Waals surface area contributed by atoms with Gasteiger partial charge in [-0.25, -0.2) is 0 Å². The van der Waals surface area contributed by atoms with Gasteiger partial charge in [-0.2, -0.15) is 0 Å². The molecule has 0 spiro atoms. The molecule has 0 aromatic heterocycles. The van der Waals surface area contributed by atoms with Gasteiger partial charge in [0.25, 0.3) is 0 Å². The topological polar surface area (TPSA) is 67.4 Å². The van der Waals surface area contributed by atoms with Crippen LogP contribution in [0.5, 0.6) is 0 Å². The van der Waals surface area contributed by atoms with Crippen LogP contribution >= 0.6 is 0 Å². The number of carbonyl (C=O) groups is 2. The number of methoxy groups -OCH3 is 1. The first-order chi connectivity index (χ1) is 11.7. The molecule has 1 atom stereocenters. The second-order valence-corrected chi connectivity index (χ2v) is 5.38. The van der Waals surface area contributed by atoms with Gasteiger partial charge in [-0.05, 0) is 11.1 Å². The van der Waals surface area contributed by atoms with Gasteiger partial charge in [0.2, 0.25) is 11.8 Å². The summed E-state index contributed by atoms with van der Waals surface area (Å²) in [5.74, 6) is -0.419. The Hall–Kier alpha value is -2.66. The lowest BCUT2D eigenvalue weighted by molar-refractivity contribution is -0.126. The van der Waals surface area contributed by atoms with Crippen LogP contribution in [0.3, 0.4) is 0 Å². The molecule has 2 aromatic carbocycles. The normalized spacial score (nSPS) is 11.5. The molecule has 2 rings (SSSR count). The van der Waals surface area contributed by atoms with Gasteiger partial charge in [0.1, 0.15) is 0 Å². The highest BCUT2D eigenvalue weighted by Crippen LogP contribution is 2.14. The first-order valence-electron chi connectivity index (χ1n) is 7.84. The number of hydrogen-bond acceptors (Lipinski definition) is 3. The first-order valence-corrected chi connectivity index (χ1v) is 7.84. The minimum absolute atomic E-state index is 0.0448. The van der Waals surface area contributed by atoms with E-state index in [9.17, 15) is 9.59 Å². The van der Waals surface area contributed by atoms with E-state index < -0.39 is 0 Å². The lowest BCUT2D eigenvalue weighted by Gasteiger charge is -2.16. The number of carbonyl (C=O) groups excluding carboxylic acids is 2. The smallest absolute Gasteiger partial charge is 0.239 e. The van der Waals surface area contributed by atoms with Crippen molar-refractivity contribution in [3.63, 3.8) is 0 Å². The molecule has 0 aliphatic heterocycles. The minimum Gasteiger partial charge on any atom is -0.375 e. The maximum absolute atomic E-state index is 11.9. The van der Waals surface area contributed by atoms with E-state index in [1.54, 1.807) is 7.11 Å². The predicted molar refractivity (Wildman–Crippen MR) is 92.4 cm³/mol. The maximum Gasteiger partial charge on any atom is 0.239 e. The van der Waals surface area contributed by atoms with E-state index in [-0.39, 0.29) is 30.9 Å². The Balaban J connectivity index is 1.72. The largest absolute Gasteiger partial charge is 0.375 e. The maximum atomic E-state index is 11.9. The molecule has 0 radical (unpaired) electrons. The molecule has 0 heterocycles. The highest BCUT2D eigenvalue weighted by Gasteiger charge is 2.12. The molecule has 2 N–H and O–H groups in total. The first kappa shape index (κ1) is 17.7. The lowest BCUT2D eigenvalue weighted by Crippen LogP contribution is -2.39. The Morgan fingerprint density at radius 3 is 2.17 bits per heavy atom. The monoisotopic (exact) mass is 326 g/mol. The van der Waals surface area contributed by atoms with Crippen LogP contribution in [0.25, 0.3) is 0 Å². The third-order valence-electron chi connectivity index (χ3n) is 3.59. The predicted octanol–water partition coefficient (Wildman–Crippen LogP) is 1.85. The number of nitrogens with one attached hydrogen (secondary N) is 2. The Bertz CT molecular complexity index is 644. The Labute approximate surface area is 142 Å². The van der Waals surface area contributed by atoms with Crippen LogP contribution in [0.15, 0.2) is 60.7 Å². The molecule has 2 amide bonds. The van der Waals surface area contributed by atoms with E-state index in [1.807, 2.05) is 60.7 Å². The van der Waals surface area contributed by atoms with Gasteiger partial charge in [0, 0.05) is 13.7 Å². The average Bonchev–Trinajstić information content (AvgIpc) is 2.62. The molecule has 0 saturated carbocycles. The van der Waals surface area contributed by atoms with Crippen molar-refractivity contribution < 1.29 is 14.3 Å². The summed E-state index contributed by atoms with van der Waals surface area (Å²) in [7, 11) is 1.60. The van der Waals surface area contributed by atoms with Crippen LogP contribution in [0.2, 0.25) is 0 Å². The number of rotatable bonds is 8. The van der Waals surface area contributed by atoms with Crippen molar-refractivity contribution in [3.8, 4) is 0 Å². The molecule has 0 saturated heterocycles. The molecule has 0 aliphatic carbocycles. The van der Waals surface area contributed by atoms with E-state index in [2.05, 4.69) is 10.6 Å². The molecule has 0 aliphatic rings. The summed E-state index contributed by atoms with van der Waals surface area (Å²) in [6, 6.07) is 19.1. The van der Waals surface area contributed by atoms with Crippen molar-refractivity contribution in [2.75, 3.05) is 20.2 Å². The lowest BCUT2D eigenvalue weighted by atomic mass is 10.1. The summed E-state index contributed by atoms with van der Waals surface area (Å²) < 4.78 is 5.39. The van der Waals surface area contributed by atoms with Gasteiger partial charge in [-0.3, -0.25) is 9.59 Å². The SMILES string of the molecule is COC(CNC(=O)CNC(=O)Cc1ccccc1)c1ccccc1. The zero-order valence-corrected chi connectivity index (χ0v) is 13.7. The van der Waals surface area contributed by atoms with Crippen molar-refractivity contribution >= 4 is 11.8 Å². The van der Waals surface area contributed by atoms with Gasteiger partial charge in [0.05, 0.1) is 19.1 Å². The highest BCUT2D eigenvalue weighted by atomic mass is 16.5. The molecule has 126 valence electrons. The summed E-state index contributed by atoms with van der Waals surface area (Å²) in [5, 5.41) is 5.39. The molecule has 5 heteroatoms. The van der Waals surface area contributed by atoms with Gasteiger partial charge in [-0.1, -0.05) is 60.7 Å². The van der Waals surface area contributed by atoms with Crippen molar-refractivity contribution in [2.24, 2.45) is 0 Å². The third kappa shape index (κ3) is 5.85. The number of benzene rings is 2. The molecule has 2 aromatic rings. The number of ether oxygens (including phenoxy) is 1. The van der Waals surface area contributed by atoms with Crippen molar-refractivity contribution in [2.45, 2.75) is 12.5 Å². The standard InChI is InChI=1S/C19H22N2O3/c1-24-17(16-10-6-3-7-11-16)13-20-19(23)14-21-18(22)12-15-8-4-2-5-9-15/h2-11,17H,12-14H2,1H3,(H,20,23)(H,21,22). The van der Waals surface area contributed by atoms with Crippen LogP contribution in [0.4, 0.5) is 0 Å². The fraction of sp³-hybridized carbons (Fsp3) is 0.263. The summed E-state index contributed by atoms with van der Waals surface area (Å²) >= 11 is 0. The average molecular weight is 326 g/mol. The summed E-state index contributed by atoms with van der Waals surface area (Å²) in [6.45, 7) is 0.310. The molecular weight excluding hydrogens is 304 g/mol. The minimum atomic E-state index is -0.241. The van der Waals surface area contributed by atoms with Crippen LogP contribution in [0, 0.1) is 0 Å². The van der Waals surface area contributed by atoms with Gasteiger partial charge >= 0.3 is 0 Å². The Morgan fingerprint density at radius 1 is 0.917 bits per heavy atom. The zero-order valence-electron chi connectivity index (χ0n) is 13.7. The van der Waals surface area contributed by atoms with E-state index >= 15 is 0 Å². The second kappa shape index (κ2) is 9.47. The Kier molecular flexibility index (Phi) is 6.98. The Morgan fingerprint density at radius 2 is 1.54 bits per heavy atom. The number of amides is 2. The van der Waals surface area contributed by atoms with Crippen molar-refractivity contribution in [3.05, 3.63) is 71.8 Å². The fourth-order valence-corrected chi connectivity index (χ4v) is 2.30. The zero-order chi connectivity index (χ0) is 17.2. The molecule has 24 heavy (non-hydrogen) atoms. The number of hydrogen-bond donors (Lipinski definition) is 2. The van der Waals surface area contributed by atoms with Crippen LogP contribution < -0.4 is 10.6 Å². The highest BCUT2D eigenvalue weighted by molar-refractivity contribution is 5.85. The van der Waals surface area contributed by atoms with Crippen molar-refractivity contribution in [1.29, 1.82) is 0 Å². The van der Waals surface area contributed by atoms with Crippen molar-refractivity contribution in [1.82, 2.24) is 10.6 Å². The molecular formula is C19H22N2O3. The molecule has 1 unspecified atom stereocenters. The van der Waals surface area contributed by atoms with E-state index in [4.69, 9.17) is 4.74 Å². The third-order valence-corrected chi connectivity index (χ3v) is 3.59. The van der Waals surface area contributed by atoms with Gasteiger partial charge in [-0.15, -0.1) is 0 Å². The quantitative estimate of drug-likeness (QED) is 0.778. The summed E-state index contributed by atoms with van der Waals surface area (Å²) in [5.41, 5.74) is 1.91. The second-order valence-electron chi connectivity index (χ2n) is 5.38. The fourth-order valence-electron chi connectivity index (χ4n) is 2.30. The molecule has 0 fully saturated rings. The van der Waals surface area contributed by atoms with E-state index in [0.717, 1.165) is 11.1 Å².